The van der Waals surface area contributed by atoms with Crippen molar-refractivity contribution in [1.82, 2.24) is 20.2 Å². The molecule has 0 aliphatic rings. The van der Waals surface area contributed by atoms with Crippen molar-refractivity contribution < 1.29 is 14.3 Å². The molecule has 8 heteroatoms. The van der Waals surface area contributed by atoms with E-state index in [1.54, 1.807) is 54.6 Å². The normalized spacial score (nSPS) is 10.7. The Morgan fingerprint density at radius 2 is 1.81 bits per heavy atom. The number of aromatic nitrogens is 4. The molecule has 1 N–H and O–H groups in total. The molecule has 26 heavy (non-hydrogen) atoms. The monoisotopic (exact) mass is 349 g/mol. The molecular weight excluding hydrogens is 334 g/mol. The Hall–Kier alpha value is -3.81. The Labute approximate surface area is 149 Å². The summed E-state index contributed by atoms with van der Waals surface area (Å²) in [7, 11) is 1.33. The largest absolute Gasteiger partial charge is 0.465 e. The fraction of sp³-hybridized carbons (Fsp3) is 0.0556. The first kappa shape index (κ1) is 17.0. The summed E-state index contributed by atoms with van der Waals surface area (Å²) in [5.74, 6) is -0.666. The van der Waals surface area contributed by atoms with Gasteiger partial charge in [0.05, 0.1) is 18.4 Å². The first-order valence-corrected chi connectivity index (χ1v) is 7.66. The number of ether oxygens (including phenoxy) is 1. The summed E-state index contributed by atoms with van der Waals surface area (Å²) in [6.45, 7) is 0. The van der Waals surface area contributed by atoms with Crippen LogP contribution in [0.25, 0.3) is 11.8 Å². The molecule has 1 amide bonds. The third-order valence-corrected chi connectivity index (χ3v) is 3.51. The number of rotatable bonds is 5. The van der Waals surface area contributed by atoms with Crippen LogP contribution in [0.3, 0.4) is 0 Å². The van der Waals surface area contributed by atoms with Crippen molar-refractivity contribution in [2.24, 2.45) is 0 Å². The van der Waals surface area contributed by atoms with Crippen molar-refractivity contribution in [3.8, 4) is 5.69 Å². The van der Waals surface area contributed by atoms with Crippen molar-refractivity contribution in [3.63, 3.8) is 0 Å². The summed E-state index contributed by atoms with van der Waals surface area (Å²) in [5.41, 5.74) is 2.69. The number of nitrogens with zero attached hydrogens (tertiary/aromatic N) is 4. The van der Waals surface area contributed by atoms with Gasteiger partial charge in [0.25, 0.3) is 0 Å². The van der Waals surface area contributed by atoms with Crippen LogP contribution in [0.5, 0.6) is 0 Å². The molecule has 0 aliphatic heterocycles. The summed E-state index contributed by atoms with van der Waals surface area (Å²) >= 11 is 0. The van der Waals surface area contributed by atoms with Crippen LogP contribution in [-0.2, 0) is 9.53 Å². The third kappa shape index (κ3) is 4.18. The predicted octanol–water partition coefficient (Wildman–Crippen LogP) is 2.10. The van der Waals surface area contributed by atoms with Gasteiger partial charge in [0.2, 0.25) is 5.91 Å². The third-order valence-electron chi connectivity index (χ3n) is 3.51. The summed E-state index contributed by atoms with van der Waals surface area (Å²) in [4.78, 5) is 23.4. The molecule has 1 aromatic heterocycles. The number of carbonyl (C=O) groups excluding carboxylic acids is 2. The van der Waals surface area contributed by atoms with Gasteiger partial charge in [0.1, 0.15) is 6.33 Å². The molecule has 3 rings (SSSR count). The zero-order valence-electron chi connectivity index (χ0n) is 13.9. The molecule has 0 aliphatic carbocycles. The smallest absolute Gasteiger partial charge is 0.337 e. The number of esters is 1. The van der Waals surface area contributed by atoms with Gasteiger partial charge in [0.15, 0.2) is 0 Å². The van der Waals surface area contributed by atoms with Gasteiger partial charge in [-0.2, -0.15) is 0 Å². The van der Waals surface area contributed by atoms with Crippen molar-refractivity contribution >= 4 is 23.6 Å². The van der Waals surface area contributed by atoms with E-state index in [1.807, 2.05) is 0 Å². The highest BCUT2D eigenvalue weighted by molar-refractivity contribution is 6.02. The molecule has 0 fully saturated rings. The van der Waals surface area contributed by atoms with Gasteiger partial charge in [0, 0.05) is 11.8 Å². The van der Waals surface area contributed by atoms with Gasteiger partial charge in [-0.25, -0.2) is 9.48 Å². The maximum Gasteiger partial charge on any atom is 0.337 e. The molecule has 0 unspecified atom stereocenters. The van der Waals surface area contributed by atoms with E-state index in [2.05, 4.69) is 25.6 Å². The number of anilines is 1. The summed E-state index contributed by atoms with van der Waals surface area (Å²) in [6.07, 6.45) is 4.57. The summed E-state index contributed by atoms with van der Waals surface area (Å²) in [5, 5.41) is 13.7. The highest BCUT2D eigenvalue weighted by Crippen LogP contribution is 2.12. The Morgan fingerprint density at radius 3 is 2.42 bits per heavy atom. The zero-order valence-corrected chi connectivity index (χ0v) is 13.9. The van der Waals surface area contributed by atoms with Crippen molar-refractivity contribution in [1.29, 1.82) is 0 Å². The molecule has 0 saturated carbocycles. The van der Waals surface area contributed by atoms with E-state index in [4.69, 9.17) is 0 Å². The van der Waals surface area contributed by atoms with E-state index < -0.39 is 5.97 Å². The lowest BCUT2D eigenvalue weighted by Crippen LogP contribution is -2.07. The number of hydrogen-bond donors (Lipinski definition) is 1. The molecular formula is C18H15N5O3. The quantitative estimate of drug-likeness (QED) is 0.559. The first-order valence-electron chi connectivity index (χ1n) is 7.66. The average molecular weight is 349 g/mol. The summed E-state index contributed by atoms with van der Waals surface area (Å²) < 4.78 is 6.16. The Balaban J connectivity index is 1.59. The minimum atomic E-state index is -0.400. The van der Waals surface area contributed by atoms with Gasteiger partial charge >= 0.3 is 5.97 Å². The van der Waals surface area contributed by atoms with Crippen LogP contribution in [-0.4, -0.2) is 39.2 Å². The molecule has 0 radical (unpaired) electrons. The number of carbonyl (C=O) groups is 2. The second kappa shape index (κ2) is 7.84. The van der Waals surface area contributed by atoms with Crippen LogP contribution in [0.2, 0.25) is 0 Å². The SMILES string of the molecule is COC(=O)c1ccc(C=CC(=O)Nc2ccc(-n3cnnn3)cc2)cc1. The lowest BCUT2D eigenvalue weighted by Gasteiger charge is -2.04. The van der Waals surface area contributed by atoms with Crippen LogP contribution < -0.4 is 5.32 Å². The number of nitrogens with one attached hydrogen (secondary N) is 1. The van der Waals surface area contributed by atoms with E-state index in [0.29, 0.717) is 11.3 Å². The number of hydrogen-bond acceptors (Lipinski definition) is 6. The Kier molecular flexibility index (Phi) is 5.14. The van der Waals surface area contributed by atoms with Crippen LogP contribution in [0, 0.1) is 0 Å². The van der Waals surface area contributed by atoms with Crippen molar-refractivity contribution in [2.45, 2.75) is 0 Å². The molecule has 1 heterocycles. The highest BCUT2D eigenvalue weighted by Gasteiger charge is 2.04. The zero-order chi connectivity index (χ0) is 18.4. The van der Waals surface area contributed by atoms with E-state index in [-0.39, 0.29) is 5.91 Å². The lowest BCUT2D eigenvalue weighted by molar-refractivity contribution is -0.111. The molecule has 2 aromatic carbocycles. The highest BCUT2D eigenvalue weighted by atomic mass is 16.5. The van der Waals surface area contributed by atoms with Gasteiger partial charge in [-0.1, -0.05) is 12.1 Å². The second-order valence-electron chi connectivity index (χ2n) is 5.24. The Bertz CT molecular complexity index is 916. The minimum Gasteiger partial charge on any atom is -0.465 e. The molecule has 130 valence electrons. The topological polar surface area (TPSA) is 99.0 Å². The first-order chi connectivity index (χ1) is 12.7. The second-order valence-corrected chi connectivity index (χ2v) is 5.24. The van der Waals surface area contributed by atoms with E-state index in [1.165, 1.54) is 24.2 Å². The van der Waals surface area contributed by atoms with E-state index >= 15 is 0 Å². The molecule has 8 nitrogen and oxygen atoms in total. The number of methoxy groups -OCH3 is 1. The average Bonchev–Trinajstić information content (AvgIpc) is 3.21. The van der Waals surface area contributed by atoms with Crippen LogP contribution >= 0.6 is 0 Å². The van der Waals surface area contributed by atoms with Crippen LogP contribution in [0.15, 0.2) is 60.9 Å². The van der Waals surface area contributed by atoms with Crippen molar-refractivity contribution in [2.75, 3.05) is 12.4 Å². The molecule has 0 spiro atoms. The molecule has 0 saturated heterocycles. The number of tetrazole rings is 1. The molecule has 0 bridgehead atoms. The molecule has 0 atom stereocenters. The van der Waals surface area contributed by atoms with Gasteiger partial charge in [-0.15, -0.1) is 5.10 Å². The standard InChI is InChI=1S/C18H15N5O3/c1-26-18(25)14-5-2-13(3-6-14)4-11-17(24)20-15-7-9-16(10-8-15)23-12-19-21-22-23/h2-12H,1H3,(H,20,24). The summed E-state index contributed by atoms with van der Waals surface area (Å²) in [6, 6.07) is 13.8. The fourth-order valence-corrected chi connectivity index (χ4v) is 2.18. The fourth-order valence-electron chi connectivity index (χ4n) is 2.18. The maximum absolute atomic E-state index is 12.0. The Morgan fingerprint density at radius 1 is 1.08 bits per heavy atom. The van der Waals surface area contributed by atoms with Gasteiger partial charge < -0.3 is 10.1 Å². The number of amides is 1. The van der Waals surface area contributed by atoms with E-state index in [9.17, 15) is 9.59 Å². The minimum absolute atomic E-state index is 0.266. The van der Waals surface area contributed by atoms with Crippen LogP contribution in [0.4, 0.5) is 5.69 Å². The van der Waals surface area contributed by atoms with Gasteiger partial charge in [-0.3, -0.25) is 4.79 Å². The molecule has 3 aromatic rings. The number of benzene rings is 2. The van der Waals surface area contributed by atoms with Gasteiger partial charge in [-0.05, 0) is 58.5 Å². The van der Waals surface area contributed by atoms with Crippen LogP contribution in [0.1, 0.15) is 15.9 Å². The predicted molar refractivity (Wildman–Crippen MR) is 94.6 cm³/mol. The maximum atomic E-state index is 12.0. The van der Waals surface area contributed by atoms with Crippen molar-refractivity contribution in [3.05, 3.63) is 72.1 Å². The lowest BCUT2D eigenvalue weighted by atomic mass is 10.1. The van der Waals surface area contributed by atoms with E-state index in [0.717, 1.165) is 11.3 Å².